The molecule has 24 heavy (non-hydrogen) atoms. The zero-order valence-corrected chi connectivity index (χ0v) is 15.6. The topological polar surface area (TPSA) is 72.8 Å². The lowest BCUT2D eigenvalue weighted by Gasteiger charge is -2.33. The van der Waals surface area contributed by atoms with Crippen molar-refractivity contribution >= 4 is 11.9 Å². The highest BCUT2D eigenvalue weighted by molar-refractivity contribution is 5.70. The lowest BCUT2D eigenvalue weighted by Crippen LogP contribution is -2.41. The number of ether oxygens (including phenoxy) is 2. The van der Waals surface area contributed by atoms with Crippen LogP contribution >= 0.6 is 0 Å². The van der Waals surface area contributed by atoms with Crippen molar-refractivity contribution in [2.24, 2.45) is 11.8 Å². The summed E-state index contributed by atoms with van der Waals surface area (Å²) in [5, 5.41) is 10.8. The number of carbonyl (C=O) groups excluding carboxylic acids is 2. The SMILES string of the molecule is CCC1CCC(C)(O)C(OC(C)=O)C=CC(C)C(CC)OC(=O)C1. The maximum absolute atomic E-state index is 12.2. The Bertz CT molecular complexity index is 455. The quantitative estimate of drug-likeness (QED) is 0.630. The van der Waals surface area contributed by atoms with E-state index in [4.69, 9.17) is 9.47 Å². The van der Waals surface area contributed by atoms with Gasteiger partial charge in [-0.3, -0.25) is 9.59 Å². The molecule has 0 spiro atoms. The molecule has 5 nitrogen and oxygen atoms in total. The van der Waals surface area contributed by atoms with Gasteiger partial charge < -0.3 is 14.6 Å². The van der Waals surface area contributed by atoms with Gasteiger partial charge in [0.15, 0.2) is 0 Å². The van der Waals surface area contributed by atoms with Gasteiger partial charge in [0.1, 0.15) is 17.8 Å². The van der Waals surface area contributed by atoms with Crippen LogP contribution in [0, 0.1) is 11.8 Å². The summed E-state index contributed by atoms with van der Waals surface area (Å²) in [7, 11) is 0. The van der Waals surface area contributed by atoms with E-state index in [2.05, 4.69) is 0 Å². The smallest absolute Gasteiger partial charge is 0.306 e. The molecule has 138 valence electrons. The first-order valence-corrected chi connectivity index (χ1v) is 8.97. The van der Waals surface area contributed by atoms with Crippen molar-refractivity contribution in [3.05, 3.63) is 12.2 Å². The van der Waals surface area contributed by atoms with Gasteiger partial charge in [0.05, 0.1) is 0 Å². The Labute approximate surface area is 145 Å². The van der Waals surface area contributed by atoms with Crippen LogP contribution in [-0.4, -0.2) is 34.9 Å². The molecule has 1 aliphatic rings. The number of aliphatic hydroxyl groups is 1. The van der Waals surface area contributed by atoms with Gasteiger partial charge in [-0.05, 0) is 38.2 Å². The summed E-state index contributed by atoms with van der Waals surface area (Å²) in [6, 6.07) is 0. The second-order valence-electron chi connectivity index (χ2n) is 7.08. The summed E-state index contributed by atoms with van der Waals surface area (Å²) in [5.41, 5.74) is -1.17. The molecule has 5 heteroatoms. The van der Waals surface area contributed by atoms with Gasteiger partial charge in [-0.1, -0.05) is 33.3 Å². The van der Waals surface area contributed by atoms with Gasteiger partial charge in [-0.15, -0.1) is 0 Å². The minimum atomic E-state index is -1.17. The third-order valence-electron chi connectivity index (χ3n) is 4.86. The largest absolute Gasteiger partial charge is 0.462 e. The van der Waals surface area contributed by atoms with Crippen LogP contribution in [0.15, 0.2) is 12.2 Å². The first-order valence-electron chi connectivity index (χ1n) is 8.97. The van der Waals surface area contributed by atoms with Crippen molar-refractivity contribution < 1.29 is 24.2 Å². The molecule has 0 aromatic carbocycles. The molecule has 1 aliphatic heterocycles. The van der Waals surface area contributed by atoms with Crippen LogP contribution in [0.3, 0.4) is 0 Å². The van der Waals surface area contributed by atoms with E-state index in [1.807, 2.05) is 26.8 Å². The molecule has 0 fully saturated rings. The van der Waals surface area contributed by atoms with E-state index in [0.29, 0.717) is 25.7 Å². The van der Waals surface area contributed by atoms with Gasteiger partial charge in [-0.25, -0.2) is 0 Å². The lowest BCUT2D eigenvalue weighted by atomic mass is 9.85. The molecule has 0 aromatic heterocycles. The van der Waals surface area contributed by atoms with E-state index >= 15 is 0 Å². The van der Waals surface area contributed by atoms with E-state index in [1.54, 1.807) is 13.0 Å². The van der Waals surface area contributed by atoms with Crippen LogP contribution in [0.4, 0.5) is 0 Å². The molecule has 5 atom stereocenters. The highest BCUT2D eigenvalue weighted by Gasteiger charge is 2.34. The predicted octanol–water partition coefficient (Wildman–Crippen LogP) is 3.39. The minimum Gasteiger partial charge on any atom is -0.462 e. The molecule has 0 bridgehead atoms. The Morgan fingerprint density at radius 2 is 2.04 bits per heavy atom. The van der Waals surface area contributed by atoms with Crippen molar-refractivity contribution in [2.45, 2.75) is 84.5 Å². The fraction of sp³-hybridized carbons (Fsp3) is 0.789. The average molecular weight is 340 g/mol. The monoisotopic (exact) mass is 340 g/mol. The molecular weight excluding hydrogens is 308 g/mol. The van der Waals surface area contributed by atoms with Gasteiger partial charge >= 0.3 is 11.9 Å². The van der Waals surface area contributed by atoms with Crippen LogP contribution in [0.1, 0.15) is 66.7 Å². The average Bonchev–Trinajstić information content (AvgIpc) is 2.51. The molecule has 0 aromatic rings. The number of hydrogen-bond donors (Lipinski definition) is 1. The summed E-state index contributed by atoms with van der Waals surface area (Å²) < 4.78 is 11.0. The molecular formula is C19H32O5. The molecule has 0 saturated heterocycles. The number of rotatable bonds is 3. The summed E-state index contributed by atoms with van der Waals surface area (Å²) in [6.45, 7) is 8.99. The summed E-state index contributed by atoms with van der Waals surface area (Å²) in [4.78, 5) is 23.6. The Morgan fingerprint density at radius 1 is 1.38 bits per heavy atom. The highest BCUT2D eigenvalue weighted by atomic mass is 16.6. The molecule has 1 rings (SSSR count). The van der Waals surface area contributed by atoms with Crippen LogP contribution in [0.5, 0.6) is 0 Å². The number of esters is 2. The number of hydrogen-bond acceptors (Lipinski definition) is 5. The molecule has 1 N–H and O–H groups in total. The zero-order chi connectivity index (χ0) is 18.3. The standard InChI is InChI=1S/C19H32O5/c1-6-15-10-11-19(5,22)17(23-14(4)20)9-8-13(3)16(7-2)24-18(21)12-15/h8-9,13,15-17,22H,6-7,10-12H2,1-5H3. The van der Waals surface area contributed by atoms with Gasteiger partial charge in [0.2, 0.25) is 0 Å². The maximum Gasteiger partial charge on any atom is 0.306 e. The predicted molar refractivity (Wildman–Crippen MR) is 92.3 cm³/mol. The molecule has 0 radical (unpaired) electrons. The third-order valence-corrected chi connectivity index (χ3v) is 4.86. The van der Waals surface area contributed by atoms with E-state index in [0.717, 1.165) is 6.42 Å². The second-order valence-corrected chi connectivity index (χ2v) is 7.08. The molecule has 5 unspecified atom stereocenters. The Morgan fingerprint density at radius 3 is 2.58 bits per heavy atom. The summed E-state index contributed by atoms with van der Waals surface area (Å²) >= 11 is 0. The summed E-state index contributed by atoms with van der Waals surface area (Å²) in [6.07, 6.45) is 5.71. The number of carbonyl (C=O) groups is 2. The van der Waals surface area contributed by atoms with Crippen molar-refractivity contribution in [1.82, 2.24) is 0 Å². The van der Waals surface area contributed by atoms with Crippen molar-refractivity contribution in [3.63, 3.8) is 0 Å². The van der Waals surface area contributed by atoms with E-state index < -0.39 is 17.7 Å². The van der Waals surface area contributed by atoms with Gasteiger partial charge in [0, 0.05) is 19.3 Å². The molecule has 1 heterocycles. The zero-order valence-electron chi connectivity index (χ0n) is 15.6. The second kappa shape index (κ2) is 9.21. The molecule has 0 saturated carbocycles. The minimum absolute atomic E-state index is 0.0210. The van der Waals surface area contributed by atoms with Crippen molar-refractivity contribution in [1.29, 1.82) is 0 Å². The van der Waals surface area contributed by atoms with E-state index in [1.165, 1.54) is 6.92 Å². The Balaban J connectivity index is 3.10. The van der Waals surface area contributed by atoms with Crippen molar-refractivity contribution in [2.75, 3.05) is 0 Å². The van der Waals surface area contributed by atoms with Crippen molar-refractivity contribution in [3.8, 4) is 0 Å². The van der Waals surface area contributed by atoms with E-state index in [-0.39, 0.29) is 23.9 Å². The first kappa shape index (κ1) is 20.7. The molecule has 0 aliphatic carbocycles. The Kier molecular flexibility index (Phi) is 7.94. The fourth-order valence-electron chi connectivity index (χ4n) is 3.06. The first-order chi connectivity index (χ1) is 11.2. The fourth-order valence-corrected chi connectivity index (χ4v) is 3.06. The lowest BCUT2D eigenvalue weighted by molar-refractivity contribution is -0.157. The van der Waals surface area contributed by atoms with Gasteiger partial charge in [-0.2, -0.15) is 0 Å². The number of cyclic esters (lactones) is 1. The Hall–Kier alpha value is -1.36. The summed E-state index contributed by atoms with van der Waals surface area (Å²) in [5.74, 6) is -0.466. The third kappa shape index (κ3) is 6.27. The van der Waals surface area contributed by atoms with Crippen LogP contribution in [-0.2, 0) is 19.1 Å². The van der Waals surface area contributed by atoms with E-state index in [9.17, 15) is 14.7 Å². The van der Waals surface area contributed by atoms with Crippen LogP contribution < -0.4 is 0 Å². The van der Waals surface area contributed by atoms with Crippen LogP contribution in [0.25, 0.3) is 0 Å². The maximum atomic E-state index is 12.2. The highest BCUT2D eigenvalue weighted by Crippen LogP contribution is 2.28. The normalized spacial score (nSPS) is 35.5. The van der Waals surface area contributed by atoms with Gasteiger partial charge in [0.25, 0.3) is 0 Å². The molecule has 0 amide bonds. The van der Waals surface area contributed by atoms with Crippen LogP contribution in [0.2, 0.25) is 0 Å².